The molecule has 0 spiro atoms. The third kappa shape index (κ3) is 3.55. The van der Waals surface area contributed by atoms with Gasteiger partial charge in [0.2, 0.25) is 5.95 Å². The van der Waals surface area contributed by atoms with Crippen molar-refractivity contribution < 1.29 is 4.74 Å². The van der Waals surface area contributed by atoms with Crippen LogP contribution in [0, 0.1) is 0 Å². The van der Waals surface area contributed by atoms with Crippen molar-refractivity contribution in [2.45, 2.75) is 0 Å². The smallest absolute Gasteiger partial charge is 0.221 e. The predicted octanol–water partition coefficient (Wildman–Crippen LogP) is 0.698. The van der Waals surface area contributed by atoms with Crippen molar-refractivity contribution in [3.05, 3.63) is 24.9 Å². The Morgan fingerprint density at radius 1 is 1.67 bits per heavy atom. The molecule has 82 valence electrons. The summed E-state index contributed by atoms with van der Waals surface area (Å²) in [6.45, 7) is 5.79. The van der Waals surface area contributed by atoms with E-state index in [0.717, 1.165) is 12.4 Å². The average molecular weight is 208 g/mol. The average Bonchev–Trinajstić information content (AvgIpc) is 2.24. The molecule has 0 aliphatic carbocycles. The molecule has 0 saturated carbocycles. The number of aromatic nitrogens is 2. The molecule has 0 aliphatic heterocycles. The van der Waals surface area contributed by atoms with Crippen molar-refractivity contribution in [2.75, 3.05) is 37.4 Å². The van der Waals surface area contributed by atoms with Gasteiger partial charge in [-0.25, -0.2) is 4.98 Å². The van der Waals surface area contributed by atoms with Gasteiger partial charge >= 0.3 is 0 Å². The van der Waals surface area contributed by atoms with Gasteiger partial charge in [0.25, 0.3) is 0 Å². The SMILES string of the molecule is C=CCN(CCOC)c1ccnc(N)n1. The molecule has 5 heteroatoms. The molecule has 1 heterocycles. The van der Waals surface area contributed by atoms with E-state index >= 15 is 0 Å². The Morgan fingerprint density at radius 2 is 2.47 bits per heavy atom. The number of nitrogen functional groups attached to an aromatic ring is 1. The maximum absolute atomic E-state index is 5.52. The molecule has 0 radical (unpaired) electrons. The fourth-order valence-corrected chi connectivity index (χ4v) is 1.20. The number of methoxy groups -OCH3 is 1. The number of nitrogens with two attached hydrogens (primary N) is 1. The van der Waals surface area contributed by atoms with Crippen molar-refractivity contribution in [1.29, 1.82) is 0 Å². The lowest BCUT2D eigenvalue weighted by atomic mass is 10.4. The quantitative estimate of drug-likeness (QED) is 0.697. The molecule has 1 aromatic heterocycles. The van der Waals surface area contributed by atoms with Crippen molar-refractivity contribution in [3.8, 4) is 0 Å². The Hall–Kier alpha value is -1.62. The van der Waals surface area contributed by atoms with Crippen LogP contribution in [0.5, 0.6) is 0 Å². The summed E-state index contributed by atoms with van der Waals surface area (Å²) in [5.41, 5.74) is 5.52. The van der Waals surface area contributed by atoms with Crippen LogP contribution in [0.4, 0.5) is 11.8 Å². The molecule has 0 aliphatic rings. The molecule has 0 aromatic carbocycles. The lowest BCUT2D eigenvalue weighted by Gasteiger charge is -2.21. The molecule has 0 fully saturated rings. The third-order valence-electron chi connectivity index (χ3n) is 1.90. The Morgan fingerprint density at radius 3 is 3.07 bits per heavy atom. The van der Waals surface area contributed by atoms with Crippen LogP contribution in [0.15, 0.2) is 24.9 Å². The Bertz CT molecular complexity index is 316. The van der Waals surface area contributed by atoms with Gasteiger partial charge in [0.1, 0.15) is 5.82 Å². The first-order valence-corrected chi connectivity index (χ1v) is 4.71. The summed E-state index contributed by atoms with van der Waals surface area (Å²) in [7, 11) is 1.67. The number of ether oxygens (including phenoxy) is 1. The molecular weight excluding hydrogens is 192 g/mol. The van der Waals surface area contributed by atoms with Crippen molar-refractivity contribution in [3.63, 3.8) is 0 Å². The second-order valence-electron chi connectivity index (χ2n) is 3.00. The van der Waals surface area contributed by atoms with Gasteiger partial charge in [-0.15, -0.1) is 6.58 Å². The minimum Gasteiger partial charge on any atom is -0.383 e. The molecule has 0 bridgehead atoms. The van der Waals surface area contributed by atoms with Gasteiger partial charge in [0.05, 0.1) is 6.61 Å². The zero-order chi connectivity index (χ0) is 11.1. The van der Waals surface area contributed by atoms with Crippen LogP contribution in [-0.4, -0.2) is 36.8 Å². The first-order chi connectivity index (χ1) is 7.27. The normalized spacial score (nSPS) is 9.93. The molecule has 1 rings (SSSR count). The van der Waals surface area contributed by atoms with E-state index < -0.39 is 0 Å². The second-order valence-corrected chi connectivity index (χ2v) is 3.00. The molecule has 2 N–H and O–H groups in total. The molecule has 0 atom stereocenters. The molecule has 15 heavy (non-hydrogen) atoms. The highest BCUT2D eigenvalue weighted by Gasteiger charge is 2.05. The van der Waals surface area contributed by atoms with Crippen LogP contribution in [0.3, 0.4) is 0 Å². The minimum atomic E-state index is 0.277. The highest BCUT2D eigenvalue weighted by molar-refractivity contribution is 5.41. The molecule has 5 nitrogen and oxygen atoms in total. The Labute approximate surface area is 89.6 Å². The van der Waals surface area contributed by atoms with Gasteiger partial charge < -0.3 is 15.4 Å². The van der Waals surface area contributed by atoms with Gasteiger partial charge in [0, 0.05) is 26.4 Å². The number of anilines is 2. The number of hydrogen-bond acceptors (Lipinski definition) is 5. The molecule has 0 unspecified atom stereocenters. The third-order valence-corrected chi connectivity index (χ3v) is 1.90. The Balaban J connectivity index is 2.73. The first kappa shape index (κ1) is 11.5. The minimum absolute atomic E-state index is 0.277. The monoisotopic (exact) mass is 208 g/mol. The fourth-order valence-electron chi connectivity index (χ4n) is 1.20. The largest absolute Gasteiger partial charge is 0.383 e. The van der Waals surface area contributed by atoms with Crippen molar-refractivity contribution in [2.24, 2.45) is 0 Å². The van der Waals surface area contributed by atoms with Gasteiger partial charge in [0.15, 0.2) is 0 Å². The van der Waals surface area contributed by atoms with Gasteiger partial charge in [-0.1, -0.05) is 6.08 Å². The zero-order valence-electron chi connectivity index (χ0n) is 8.89. The molecule has 0 amide bonds. The Kier molecular flexibility index (Phi) is 4.56. The lowest BCUT2D eigenvalue weighted by Crippen LogP contribution is -2.28. The molecule has 1 aromatic rings. The van der Waals surface area contributed by atoms with Gasteiger partial charge in [-0.2, -0.15) is 4.98 Å². The highest BCUT2D eigenvalue weighted by Crippen LogP contribution is 2.10. The van der Waals surface area contributed by atoms with Crippen LogP contribution in [-0.2, 0) is 4.74 Å². The van der Waals surface area contributed by atoms with E-state index in [9.17, 15) is 0 Å². The van der Waals surface area contributed by atoms with Crippen LogP contribution >= 0.6 is 0 Å². The maximum Gasteiger partial charge on any atom is 0.221 e. The van der Waals surface area contributed by atoms with E-state index in [1.807, 2.05) is 17.0 Å². The number of nitrogens with zero attached hydrogens (tertiary/aromatic N) is 3. The van der Waals surface area contributed by atoms with E-state index in [0.29, 0.717) is 13.2 Å². The van der Waals surface area contributed by atoms with Crippen LogP contribution in [0.25, 0.3) is 0 Å². The van der Waals surface area contributed by atoms with Crippen molar-refractivity contribution in [1.82, 2.24) is 9.97 Å². The van der Waals surface area contributed by atoms with Gasteiger partial charge in [-0.05, 0) is 6.07 Å². The summed E-state index contributed by atoms with van der Waals surface area (Å²) in [6, 6.07) is 1.82. The highest BCUT2D eigenvalue weighted by atomic mass is 16.5. The van der Waals surface area contributed by atoms with E-state index in [-0.39, 0.29) is 5.95 Å². The van der Waals surface area contributed by atoms with E-state index in [1.54, 1.807) is 13.3 Å². The van der Waals surface area contributed by atoms with E-state index in [4.69, 9.17) is 10.5 Å². The second kappa shape index (κ2) is 5.98. The van der Waals surface area contributed by atoms with Gasteiger partial charge in [-0.3, -0.25) is 0 Å². The number of hydrogen-bond donors (Lipinski definition) is 1. The fraction of sp³-hybridized carbons (Fsp3) is 0.400. The summed E-state index contributed by atoms with van der Waals surface area (Å²) >= 11 is 0. The summed E-state index contributed by atoms with van der Waals surface area (Å²) in [5.74, 6) is 1.07. The molecule has 0 saturated heterocycles. The van der Waals surface area contributed by atoms with Crippen LogP contribution in [0.1, 0.15) is 0 Å². The summed E-state index contributed by atoms with van der Waals surface area (Å²) in [5, 5.41) is 0. The predicted molar refractivity (Wildman–Crippen MR) is 60.7 cm³/mol. The van der Waals surface area contributed by atoms with Crippen LogP contribution in [0.2, 0.25) is 0 Å². The summed E-state index contributed by atoms with van der Waals surface area (Å²) < 4.78 is 5.02. The van der Waals surface area contributed by atoms with Crippen LogP contribution < -0.4 is 10.6 Å². The van der Waals surface area contributed by atoms with Crippen molar-refractivity contribution >= 4 is 11.8 Å². The topological polar surface area (TPSA) is 64.3 Å². The number of rotatable bonds is 6. The molecular formula is C10H16N4O. The standard InChI is InChI=1S/C10H16N4O/c1-3-6-14(7-8-15-2)9-4-5-12-10(11)13-9/h3-5H,1,6-8H2,2H3,(H2,11,12,13). The summed E-state index contributed by atoms with van der Waals surface area (Å²) in [4.78, 5) is 10.0. The summed E-state index contributed by atoms with van der Waals surface area (Å²) in [6.07, 6.45) is 3.45. The zero-order valence-corrected chi connectivity index (χ0v) is 8.89. The first-order valence-electron chi connectivity index (χ1n) is 4.71. The maximum atomic E-state index is 5.52. The van der Waals surface area contributed by atoms with E-state index in [2.05, 4.69) is 16.5 Å². The lowest BCUT2D eigenvalue weighted by molar-refractivity contribution is 0.205. The van der Waals surface area contributed by atoms with E-state index in [1.165, 1.54) is 0 Å².